The molecule has 172 valence electrons. The molecule has 0 aliphatic carbocycles. The molecule has 3 aliphatic heterocycles. The van der Waals surface area contributed by atoms with Crippen molar-refractivity contribution in [2.75, 3.05) is 20.2 Å². The summed E-state index contributed by atoms with van der Waals surface area (Å²) >= 11 is 0. The first-order chi connectivity index (χ1) is 15.7. The Kier molecular flexibility index (Phi) is 4.96. The highest BCUT2D eigenvalue weighted by molar-refractivity contribution is 6.04. The van der Waals surface area contributed by atoms with Crippen molar-refractivity contribution < 1.29 is 28.6 Å². The van der Waals surface area contributed by atoms with E-state index in [2.05, 4.69) is 0 Å². The van der Waals surface area contributed by atoms with Gasteiger partial charge < -0.3 is 19.1 Å². The number of Topliss-reactive ketones (excluding diaryl/α,β-unsaturated/α-hetero) is 2. The van der Waals surface area contributed by atoms with Gasteiger partial charge in [0.05, 0.1) is 31.1 Å². The van der Waals surface area contributed by atoms with Crippen molar-refractivity contribution in [3.63, 3.8) is 0 Å². The summed E-state index contributed by atoms with van der Waals surface area (Å²) in [4.78, 5) is 40.3. The molecule has 0 aromatic heterocycles. The fourth-order valence-corrected chi connectivity index (χ4v) is 4.97. The minimum atomic E-state index is -0.613. The van der Waals surface area contributed by atoms with E-state index in [-0.39, 0.29) is 23.9 Å². The second-order valence-electron chi connectivity index (χ2n) is 9.71. The molecule has 1 amide bonds. The van der Waals surface area contributed by atoms with Crippen LogP contribution in [0.2, 0.25) is 0 Å². The molecule has 0 bridgehead atoms. The van der Waals surface area contributed by atoms with E-state index < -0.39 is 11.2 Å². The molecule has 0 radical (unpaired) electrons. The SMILES string of the molecule is COc1ccc2c(c1)OC1(CCN(C(=O)c3ccc4c(c3)C(=O)CC(C)(C)O4)CC1)CC2=O. The smallest absolute Gasteiger partial charge is 0.253 e. The van der Waals surface area contributed by atoms with Crippen molar-refractivity contribution in [2.45, 2.75) is 50.7 Å². The summed E-state index contributed by atoms with van der Waals surface area (Å²) in [6, 6.07) is 10.3. The summed E-state index contributed by atoms with van der Waals surface area (Å²) in [5, 5.41) is 0. The Balaban J connectivity index is 1.31. The van der Waals surface area contributed by atoms with E-state index in [0.717, 1.165) is 0 Å². The molecule has 1 fully saturated rings. The van der Waals surface area contributed by atoms with Crippen LogP contribution >= 0.6 is 0 Å². The Labute approximate surface area is 192 Å². The Morgan fingerprint density at radius 2 is 1.64 bits per heavy atom. The second kappa shape index (κ2) is 7.61. The van der Waals surface area contributed by atoms with Crippen LogP contribution in [0.4, 0.5) is 0 Å². The number of ether oxygens (including phenoxy) is 3. The predicted octanol–water partition coefficient (Wildman–Crippen LogP) is 4.08. The first-order valence-corrected chi connectivity index (χ1v) is 11.2. The zero-order chi connectivity index (χ0) is 23.4. The molecule has 1 spiro atoms. The Morgan fingerprint density at radius 3 is 2.36 bits per heavy atom. The number of fused-ring (bicyclic) bond motifs is 2. The van der Waals surface area contributed by atoms with E-state index in [1.807, 2.05) is 13.8 Å². The van der Waals surface area contributed by atoms with Crippen molar-refractivity contribution in [2.24, 2.45) is 0 Å². The van der Waals surface area contributed by atoms with E-state index in [1.165, 1.54) is 0 Å². The van der Waals surface area contributed by atoms with Crippen LogP contribution in [-0.4, -0.2) is 53.8 Å². The molecule has 3 heterocycles. The van der Waals surface area contributed by atoms with Gasteiger partial charge in [0.2, 0.25) is 0 Å². The number of nitrogens with zero attached hydrogens (tertiary/aromatic N) is 1. The second-order valence-corrected chi connectivity index (χ2v) is 9.71. The first kappa shape index (κ1) is 21.5. The highest BCUT2D eigenvalue weighted by Crippen LogP contribution is 2.41. The number of amides is 1. The van der Waals surface area contributed by atoms with Crippen LogP contribution in [-0.2, 0) is 0 Å². The number of carbonyl (C=O) groups excluding carboxylic acids is 3. The van der Waals surface area contributed by atoms with Gasteiger partial charge in [-0.25, -0.2) is 0 Å². The molecule has 0 saturated carbocycles. The largest absolute Gasteiger partial charge is 0.497 e. The fourth-order valence-electron chi connectivity index (χ4n) is 4.97. The number of likely N-dealkylation sites (tertiary alicyclic amines) is 1. The third-order valence-corrected chi connectivity index (χ3v) is 6.76. The molecule has 3 aliphatic rings. The zero-order valence-electron chi connectivity index (χ0n) is 19.1. The van der Waals surface area contributed by atoms with E-state index in [4.69, 9.17) is 14.2 Å². The lowest BCUT2D eigenvalue weighted by molar-refractivity contribution is -0.00581. The monoisotopic (exact) mass is 449 g/mol. The van der Waals surface area contributed by atoms with Gasteiger partial charge >= 0.3 is 0 Å². The number of hydrogen-bond donors (Lipinski definition) is 0. The molecule has 33 heavy (non-hydrogen) atoms. The summed E-state index contributed by atoms with van der Waals surface area (Å²) in [5.41, 5.74) is 0.344. The van der Waals surface area contributed by atoms with Crippen LogP contribution in [0.3, 0.4) is 0 Å². The molecule has 7 nitrogen and oxygen atoms in total. The molecular formula is C26H27NO6. The van der Waals surface area contributed by atoms with Crippen LogP contribution in [0.15, 0.2) is 36.4 Å². The first-order valence-electron chi connectivity index (χ1n) is 11.2. The number of carbonyl (C=O) groups is 3. The third-order valence-electron chi connectivity index (χ3n) is 6.76. The van der Waals surface area contributed by atoms with Gasteiger partial charge in [0.1, 0.15) is 28.5 Å². The number of hydrogen-bond acceptors (Lipinski definition) is 6. The van der Waals surface area contributed by atoms with Gasteiger partial charge in [0.15, 0.2) is 11.6 Å². The van der Waals surface area contributed by atoms with Gasteiger partial charge in [0, 0.05) is 37.6 Å². The lowest BCUT2D eigenvalue weighted by Crippen LogP contribution is -2.52. The average Bonchev–Trinajstić information content (AvgIpc) is 2.78. The average molecular weight is 450 g/mol. The normalized spacial score (nSPS) is 20.4. The van der Waals surface area contributed by atoms with E-state index >= 15 is 0 Å². The number of methoxy groups -OCH3 is 1. The third kappa shape index (κ3) is 3.86. The number of piperidine rings is 1. The molecule has 0 unspecified atom stereocenters. The summed E-state index contributed by atoms with van der Waals surface area (Å²) in [7, 11) is 1.58. The minimum Gasteiger partial charge on any atom is -0.497 e. The topological polar surface area (TPSA) is 82.1 Å². The molecule has 1 saturated heterocycles. The standard InChI is InChI=1S/C26H27NO6/c1-25(2)14-20(28)19-12-16(4-7-22(19)32-25)24(30)27-10-8-26(9-11-27)15-21(29)18-6-5-17(31-3)13-23(18)33-26/h4-7,12-13H,8-11,14-15H2,1-3H3. The van der Waals surface area contributed by atoms with Crippen LogP contribution in [0.25, 0.3) is 0 Å². The molecular weight excluding hydrogens is 422 g/mol. The Morgan fingerprint density at radius 1 is 0.909 bits per heavy atom. The maximum absolute atomic E-state index is 13.2. The lowest BCUT2D eigenvalue weighted by atomic mass is 9.82. The fraction of sp³-hybridized carbons (Fsp3) is 0.423. The van der Waals surface area contributed by atoms with Crippen molar-refractivity contribution in [3.8, 4) is 17.2 Å². The van der Waals surface area contributed by atoms with Gasteiger partial charge in [-0.1, -0.05) is 0 Å². The van der Waals surface area contributed by atoms with E-state index in [0.29, 0.717) is 66.3 Å². The van der Waals surface area contributed by atoms with Crippen LogP contribution < -0.4 is 14.2 Å². The molecule has 5 rings (SSSR count). The number of ketones is 2. The summed E-state index contributed by atoms with van der Waals surface area (Å²) < 4.78 is 17.5. The highest BCUT2D eigenvalue weighted by Gasteiger charge is 2.44. The van der Waals surface area contributed by atoms with Crippen molar-refractivity contribution in [1.82, 2.24) is 4.90 Å². The van der Waals surface area contributed by atoms with Gasteiger partial charge in [0.25, 0.3) is 5.91 Å². The summed E-state index contributed by atoms with van der Waals surface area (Å²) in [6.45, 7) is 4.70. The minimum absolute atomic E-state index is 0.0169. The maximum Gasteiger partial charge on any atom is 0.253 e. The van der Waals surface area contributed by atoms with Gasteiger partial charge in [-0.05, 0) is 44.2 Å². The lowest BCUT2D eigenvalue weighted by Gasteiger charge is -2.44. The number of benzene rings is 2. The Hall–Kier alpha value is -3.35. The van der Waals surface area contributed by atoms with Crippen LogP contribution in [0, 0.1) is 0 Å². The maximum atomic E-state index is 13.2. The van der Waals surface area contributed by atoms with Gasteiger partial charge in [-0.15, -0.1) is 0 Å². The Bertz CT molecular complexity index is 1160. The number of rotatable bonds is 2. The van der Waals surface area contributed by atoms with Gasteiger partial charge in [-0.3, -0.25) is 14.4 Å². The molecule has 0 N–H and O–H groups in total. The quantitative estimate of drug-likeness (QED) is 0.687. The molecule has 7 heteroatoms. The molecule has 2 aromatic rings. The van der Waals surface area contributed by atoms with Crippen molar-refractivity contribution >= 4 is 17.5 Å². The van der Waals surface area contributed by atoms with Crippen LogP contribution in [0.1, 0.15) is 70.6 Å². The summed E-state index contributed by atoms with van der Waals surface area (Å²) in [5.74, 6) is 1.61. The zero-order valence-corrected chi connectivity index (χ0v) is 19.1. The summed E-state index contributed by atoms with van der Waals surface area (Å²) in [6.07, 6.45) is 1.70. The predicted molar refractivity (Wildman–Crippen MR) is 121 cm³/mol. The van der Waals surface area contributed by atoms with Crippen molar-refractivity contribution in [1.29, 1.82) is 0 Å². The van der Waals surface area contributed by atoms with E-state index in [1.54, 1.807) is 48.4 Å². The van der Waals surface area contributed by atoms with E-state index in [9.17, 15) is 14.4 Å². The van der Waals surface area contributed by atoms with Crippen LogP contribution in [0.5, 0.6) is 17.2 Å². The highest BCUT2D eigenvalue weighted by atomic mass is 16.5. The van der Waals surface area contributed by atoms with Crippen molar-refractivity contribution in [3.05, 3.63) is 53.1 Å². The van der Waals surface area contributed by atoms with Gasteiger partial charge in [-0.2, -0.15) is 0 Å². The molecule has 0 atom stereocenters. The molecule has 2 aromatic carbocycles.